The normalized spacial score (nSPS) is 12.2. The van der Waals surface area contributed by atoms with Crippen LogP contribution in [0.3, 0.4) is 0 Å². The van der Waals surface area contributed by atoms with Crippen molar-refractivity contribution in [3.63, 3.8) is 0 Å². The lowest BCUT2D eigenvalue weighted by Gasteiger charge is -2.16. The van der Waals surface area contributed by atoms with Crippen molar-refractivity contribution in [2.45, 2.75) is 12.5 Å². The van der Waals surface area contributed by atoms with Crippen LogP contribution in [0.15, 0.2) is 30.6 Å². The lowest BCUT2D eigenvalue weighted by molar-refractivity contribution is 0.395. The Balaban J connectivity index is 2.23. The van der Waals surface area contributed by atoms with Crippen LogP contribution in [0.5, 0.6) is 11.5 Å². The molecule has 102 valence electrons. The van der Waals surface area contributed by atoms with Gasteiger partial charge in [-0.1, -0.05) is 0 Å². The van der Waals surface area contributed by atoms with Gasteiger partial charge in [-0.3, -0.25) is 4.68 Å². The number of hydrogen-bond acceptors (Lipinski definition) is 4. The van der Waals surface area contributed by atoms with Crippen molar-refractivity contribution >= 4 is 0 Å². The third-order valence-corrected chi connectivity index (χ3v) is 3.05. The number of rotatable bonds is 5. The molecule has 0 saturated heterocycles. The summed E-state index contributed by atoms with van der Waals surface area (Å²) >= 11 is 0. The van der Waals surface area contributed by atoms with Gasteiger partial charge >= 0.3 is 0 Å². The van der Waals surface area contributed by atoms with E-state index in [4.69, 9.17) is 15.2 Å². The van der Waals surface area contributed by atoms with Gasteiger partial charge < -0.3 is 15.2 Å². The molecular weight excluding hydrogens is 242 g/mol. The second-order valence-corrected chi connectivity index (χ2v) is 4.44. The Morgan fingerprint density at radius 3 is 2.68 bits per heavy atom. The van der Waals surface area contributed by atoms with Gasteiger partial charge in [-0.15, -0.1) is 0 Å². The summed E-state index contributed by atoms with van der Waals surface area (Å²) in [4.78, 5) is 0. The van der Waals surface area contributed by atoms with Crippen LogP contribution < -0.4 is 15.2 Å². The van der Waals surface area contributed by atoms with Crippen molar-refractivity contribution < 1.29 is 9.47 Å². The smallest absolute Gasteiger partial charge is 0.123 e. The van der Waals surface area contributed by atoms with E-state index < -0.39 is 0 Å². The standard InChI is InChI=1S/C14H19N3O2/c1-17-9-10(8-16-17)6-13(15)12-7-11(18-2)4-5-14(12)19-3/h4-5,7-9,13H,6,15H2,1-3H3. The van der Waals surface area contributed by atoms with E-state index in [1.54, 1.807) is 18.9 Å². The highest BCUT2D eigenvalue weighted by Gasteiger charge is 2.14. The number of aromatic nitrogens is 2. The van der Waals surface area contributed by atoms with Crippen molar-refractivity contribution in [2.24, 2.45) is 12.8 Å². The predicted molar refractivity (Wildman–Crippen MR) is 73.4 cm³/mol. The number of aryl methyl sites for hydroxylation is 1. The van der Waals surface area contributed by atoms with E-state index in [1.165, 1.54) is 0 Å². The zero-order valence-electron chi connectivity index (χ0n) is 11.5. The molecule has 2 rings (SSSR count). The number of benzene rings is 1. The molecule has 0 aliphatic rings. The van der Waals surface area contributed by atoms with E-state index >= 15 is 0 Å². The van der Waals surface area contributed by atoms with Crippen LogP contribution in [0, 0.1) is 0 Å². The maximum Gasteiger partial charge on any atom is 0.123 e. The highest BCUT2D eigenvalue weighted by molar-refractivity contribution is 5.42. The Kier molecular flexibility index (Phi) is 4.06. The molecule has 1 unspecified atom stereocenters. The fourth-order valence-corrected chi connectivity index (χ4v) is 2.07. The average molecular weight is 261 g/mol. The molecule has 0 fully saturated rings. The van der Waals surface area contributed by atoms with Crippen LogP contribution in [0.1, 0.15) is 17.2 Å². The van der Waals surface area contributed by atoms with Gasteiger partial charge in [0.15, 0.2) is 0 Å². The lowest BCUT2D eigenvalue weighted by atomic mass is 10.0. The molecular formula is C14H19N3O2. The minimum Gasteiger partial charge on any atom is -0.497 e. The van der Waals surface area contributed by atoms with Gasteiger partial charge in [-0.2, -0.15) is 5.10 Å². The SMILES string of the molecule is COc1ccc(OC)c(C(N)Cc2cnn(C)c2)c1. The molecule has 1 heterocycles. The molecule has 0 aliphatic carbocycles. The van der Waals surface area contributed by atoms with Gasteiger partial charge in [-0.25, -0.2) is 0 Å². The monoisotopic (exact) mass is 261 g/mol. The molecule has 2 aromatic rings. The van der Waals surface area contributed by atoms with Crippen LogP contribution in [0.25, 0.3) is 0 Å². The first-order valence-corrected chi connectivity index (χ1v) is 6.09. The van der Waals surface area contributed by atoms with Crippen LogP contribution in [0.4, 0.5) is 0 Å². The molecule has 0 saturated carbocycles. The first-order valence-electron chi connectivity index (χ1n) is 6.09. The maximum atomic E-state index is 6.26. The third-order valence-electron chi connectivity index (χ3n) is 3.05. The summed E-state index contributed by atoms with van der Waals surface area (Å²) < 4.78 is 12.4. The van der Waals surface area contributed by atoms with E-state index in [0.29, 0.717) is 6.42 Å². The van der Waals surface area contributed by atoms with Crippen molar-refractivity contribution in [3.05, 3.63) is 41.7 Å². The second-order valence-electron chi connectivity index (χ2n) is 4.44. The second kappa shape index (κ2) is 5.75. The van der Waals surface area contributed by atoms with E-state index in [2.05, 4.69) is 5.10 Å². The zero-order valence-corrected chi connectivity index (χ0v) is 11.5. The molecule has 0 aliphatic heterocycles. The van der Waals surface area contributed by atoms with Crippen LogP contribution >= 0.6 is 0 Å². The van der Waals surface area contributed by atoms with Crippen molar-refractivity contribution in [1.29, 1.82) is 0 Å². The van der Waals surface area contributed by atoms with Gasteiger partial charge in [-0.05, 0) is 30.2 Å². The zero-order chi connectivity index (χ0) is 13.8. The Hall–Kier alpha value is -2.01. The van der Waals surface area contributed by atoms with Crippen molar-refractivity contribution in [2.75, 3.05) is 14.2 Å². The van der Waals surface area contributed by atoms with Gasteiger partial charge in [0.1, 0.15) is 11.5 Å². The number of ether oxygens (including phenoxy) is 2. The molecule has 5 heteroatoms. The molecule has 1 aromatic heterocycles. The summed E-state index contributed by atoms with van der Waals surface area (Å²) in [7, 11) is 5.17. The molecule has 0 radical (unpaired) electrons. The molecule has 1 atom stereocenters. The largest absolute Gasteiger partial charge is 0.497 e. The quantitative estimate of drug-likeness (QED) is 0.889. The summed E-state index contributed by atoms with van der Waals surface area (Å²) in [6.07, 6.45) is 4.50. The maximum absolute atomic E-state index is 6.26. The van der Waals surface area contributed by atoms with Crippen molar-refractivity contribution in [1.82, 2.24) is 9.78 Å². The first kappa shape index (κ1) is 13.4. The summed E-state index contributed by atoms with van der Waals surface area (Å²) in [5, 5.41) is 4.14. The van der Waals surface area contributed by atoms with E-state index in [1.807, 2.05) is 37.6 Å². The summed E-state index contributed by atoms with van der Waals surface area (Å²) in [6, 6.07) is 5.49. The summed E-state index contributed by atoms with van der Waals surface area (Å²) in [5.74, 6) is 1.55. The minimum atomic E-state index is -0.158. The molecule has 0 bridgehead atoms. The molecule has 5 nitrogen and oxygen atoms in total. The fraction of sp³-hybridized carbons (Fsp3) is 0.357. The highest BCUT2D eigenvalue weighted by atomic mass is 16.5. The molecule has 1 aromatic carbocycles. The Labute approximate surface area is 112 Å². The fourth-order valence-electron chi connectivity index (χ4n) is 2.07. The van der Waals surface area contributed by atoms with Gasteiger partial charge in [0.05, 0.1) is 20.4 Å². The highest BCUT2D eigenvalue weighted by Crippen LogP contribution is 2.29. The number of hydrogen-bond donors (Lipinski definition) is 1. The van der Waals surface area contributed by atoms with Gasteiger partial charge in [0, 0.05) is 24.8 Å². The van der Waals surface area contributed by atoms with E-state index in [0.717, 1.165) is 22.6 Å². The number of nitrogens with zero attached hydrogens (tertiary/aromatic N) is 2. The predicted octanol–water partition coefficient (Wildman–Crippen LogP) is 1.68. The first-order chi connectivity index (χ1) is 9.13. The lowest BCUT2D eigenvalue weighted by Crippen LogP contribution is -2.14. The molecule has 19 heavy (non-hydrogen) atoms. The van der Waals surface area contributed by atoms with Crippen LogP contribution in [-0.4, -0.2) is 24.0 Å². The Morgan fingerprint density at radius 1 is 1.32 bits per heavy atom. The van der Waals surface area contributed by atoms with Gasteiger partial charge in [0.25, 0.3) is 0 Å². The van der Waals surface area contributed by atoms with E-state index in [-0.39, 0.29) is 6.04 Å². The Bertz CT molecular complexity index is 551. The molecule has 0 spiro atoms. The summed E-state index contributed by atoms with van der Waals surface area (Å²) in [6.45, 7) is 0. The molecule has 0 amide bonds. The van der Waals surface area contributed by atoms with Crippen molar-refractivity contribution in [3.8, 4) is 11.5 Å². The minimum absolute atomic E-state index is 0.158. The average Bonchev–Trinajstić information content (AvgIpc) is 2.83. The Morgan fingerprint density at radius 2 is 2.11 bits per heavy atom. The van der Waals surface area contributed by atoms with E-state index in [9.17, 15) is 0 Å². The van der Waals surface area contributed by atoms with Gasteiger partial charge in [0.2, 0.25) is 0 Å². The molecule has 2 N–H and O–H groups in total. The topological polar surface area (TPSA) is 62.3 Å². The number of nitrogens with two attached hydrogens (primary N) is 1. The third kappa shape index (κ3) is 3.06. The van der Waals surface area contributed by atoms with Crippen LogP contribution in [0.2, 0.25) is 0 Å². The summed E-state index contributed by atoms with van der Waals surface area (Å²) in [5.41, 5.74) is 8.30. The number of methoxy groups -OCH3 is 2. The van der Waals surface area contributed by atoms with Crippen LogP contribution in [-0.2, 0) is 13.5 Å².